The molecule has 0 spiro atoms. The van der Waals surface area contributed by atoms with E-state index >= 15 is 0 Å². The second-order valence-electron chi connectivity index (χ2n) is 2.72. The van der Waals surface area contributed by atoms with Crippen molar-refractivity contribution in [3.05, 3.63) is 33.9 Å². The molecule has 0 fully saturated rings. The molecule has 2 amide bonds. The average Bonchev–Trinajstić information content (AvgIpc) is 2.19. The van der Waals surface area contributed by atoms with Crippen LogP contribution in [0.4, 0.5) is 10.5 Å². The van der Waals surface area contributed by atoms with Crippen LogP contribution in [0, 0.1) is 10.1 Å². The Balaban J connectivity index is 2.91. The van der Waals surface area contributed by atoms with E-state index in [-0.39, 0.29) is 0 Å². The summed E-state index contributed by atoms with van der Waals surface area (Å²) >= 11 is 0. The maximum atomic E-state index is 11.0. The first-order chi connectivity index (χ1) is 7.50. The molecule has 0 aliphatic carbocycles. The molecule has 0 radical (unpaired) electrons. The minimum atomic E-state index is -0.855. The zero-order chi connectivity index (χ0) is 12.1. The highest BCUT2D eigenvalue weighted by Gasteiger charge is 2.06. The van der Waals surface area contributed by atoms with E-state index < -0.39 is 22.4 Å². The SMILES string of the molecule is NC(=O)N/N=C\c1ccc([O-])c([N+](=O)[O-])c1. The summed E-state index contributed by atoms with van der Waals surface area (Å²) in [6.07, 6.45) is 1.14. The number of carbonyl (C=O) groups is 1. The molecule has 0 aliphatic rings. The molecule has 16 heavy (non-hydrogen) atoms. The Kier molecular flexibility index (Phi) is 3.38. The summed E-state index contributed by atoms with van der Waals surface area (Å²) in [7, 11) is 0. The Bertz CT molecular complexity index is 457. The molecule has 1 rings (SSSR count). The van der Waals surface area contributed by atoms with Crippen LogP contribution >= 0.6 is 0 Å². The van der Waals surface area contributed by atoms with Gasteiger partial charge in [-0.1, -0.05) is 12.1 Å². The molecule has 1 aromatic carbocycles. The number of amides is 2. The maximum absolute atomic E-state index is 11.0. The molecule has 0 unspecified atom stereocenters. The topological polar surface area (TPSA) is 134 Å². The van der Waals surface area contributed by atoms with Gasteiger partial charge in [0.15, 0.2) is 0 Å². The standard InChI is InChI=1S/C8H8N4O4/c9-8(14)11-10-4-5-1-2-7(13)6(3-5)12(15)16/h1-4,13H,(H3,9,11,14)/p-1/b10-4-. The van der Waals surface area contributed by atoms with Crippen LogP contribution in [0.1, 0.15) is 5.56 Å². The predicted octanol–water partition coefficient (Wildman–Crippen LogP) is -0.329. The fourth-order valence-electron chi connectivity index (χ4n) is 0.928. The number of hydrogen-bond acceptors (Lipinski definition) is 5. The van der Waals surface area contributed by atoms with Gasteiger partial charge in [-0.05, 0) is 5.75 Å². The van der Waals surface area contributed by atoms with Gasteiger partial charge in [-0.15, -0.1) is 0 Å². The number of carbonyl (C=O) groups excluding carboxylic acids is 1. The van der Waals surface area contributed by atoms with E-state index in [4.69, 9.17) is 5.73 Å². The molecule has 8 heteroatoms. The smallest absolute Gasteiger partial charge is 0.332 e. The van der Waals surface area contributed by atoms with Crippen LogP contribution < -0.4 is 16.3 Å². The fraction of sp³-hybridized carbons (Fsp3) is 0. The average molecular weight is 223 g/mol. The van der Waals surface area contributed by atoms with Crippen molar-refractivity contribution in [2.45, 2.75) is 0 Å². The quantitative estimate of drug-likeness (QED) is 0.412. The third-order valence-electron chi connectivity index (χ3n) is 1.57. The van der Waals surface area contributed by atoms with Crippen molar-refractivity contribution in [2.24, 2.45) is 10.8 Å². The van der Waals surface area contributed by atoms with Crippen LogP contribution in [-0.4, -0.2) is 17.2 Å². The molecule has 84 valence electrons. The Morgan fingerprint density at radius 1 is 1.56 bits per heavy atom. The van der Waals surface area contributed by atoms with Crippen LogP contribution in [0.3, 0.4) is 0 Å². The summed E-state index contributed by atoms with van der Waals surface area (Å²) in [4.78, 5) is 19.9. The third kappa shape index (κ3) is 2.94. The molecule has 0 aromatic heterocycles. The first-order valence-corrected chi connectivity index (χ1v) is 4.04. The molecule has 0 saturated heterocycles. The van der Waals surface area contributed by atoms with E-state index in [1.807, 2.05) is 5.43 Å². The van der Waals surface area contributed by atoms with Gasteiger partial charge in [-0.2, -0.15) is 5.10 Å². The van der Waals surface area contributed by atoms with Crippen molar-refractivity contribution >= 4 is 17.9 Å². The number of rotatable bonds is 3. The molecule has 0 atom stereocenters. The zero-order valence-corrected chi connectivity index (χ0v) is 7.91. The highest BCUT2D eigenvalue weighted by atomic mass is 16.6. The Labute approximate surface area is 89.5 Å². The Morgan fingerprint density at radius 3 is 2.81 bits per heavy atom. The lowest BCUT2D eigenvalue weighted by Gasteiger charge is -2.05. The van der Waals surface area contributed by atoms with Crippen LogP contribution in [0.2, 0.25) is 0 Å². The molecule has 0 saturated carbocycles. The highest BCUT2D eigenvalue weighted by molar-refractivity contribution is 5.82. The fourth-order valence-corrected chi connectivity index (χ4v) is 0.928. The summed E-state index contributed by atoms with van der Waals surface area (Å²) in [6, 6.07) is 2.57. The number of nitrogens with two attached hydrogens (primary N) is 1. The second-order valence-corrected chi connectivity index (χ2v) is 2.72. The number of urea groups is 1. The van der Waals surface area contributed by atoms with Gasteiger partial charge in [-0.3, -0.25) is 10.1 Å². The summed E-state index contributed by atoms with van der Waals surface area (Å²) in [5.41, 5.74) is 6.41. The lowest BCUT2D eigenvalue weighted by atomic mass is 10.2. The van der Waals surface area contributed by atoms with E-state index in [1.54, 1.807) is 0 Å². The maximum Gasteiger partial charge on any atom is 0.332 e. The summed E-state index contributed by atoms with van der Waals surface area (Å²) < 4.78 is 0. The molecule has 0 bridgehead atoms. The van der Waals surface area contributed by atoms with E-state index in [9.17, 15) is 20.0 Å². The largest absolute Gasteiger partial charge is 0.868 e. The first-order valence-electron chi connectivity index (χ1n) is 4.04. The van der Waals surface area contributed by atoms with Crippen molar-refractivity contribution < 1.29 is 14.8 Å². The minimum absolute atomic E-state index is 0.306. The van der Waals surface area contributed by atoms with Gasteiger partial charge in [0, 0.05) is 11.6 Å². The summed E-state index contributed by atoms with van der Waals surface area (Å²) in [6.45, 7) is 0. The number of nitro groups is 1. The lowest BCUT2D eigenvalue weighted by Crippen LogP contribution is -2.24. The molecule has 1 aromatic rings. The number of nitro benzene ring substituents is 1. The number of benzene rings is 1. The van der Waals surface area contributed by atoms with E-state index in [0.717, 1.165) is 18.3 Å². The number of primary amides is 1. The van der Waals surface area contributed by atoms with E-state index in [1.165, 1.54) is 6.07 Å². The van der Waals surface area contributed by atoms with Gasteiger partial charge in [0.25, 0.3) is 5.69 Å². The van der Waals surface area contributed by atoms with Crippen LogP contribution in [-0.2, 0) is 0 Å². The van der Waals surface area contributed by atoms with Crippen molar-refractivity contribution in [2.75, 3.05) is 0 Å². The summed E-state index contributed by atoms with van der Waals surface area (Å²) in [5, 5.41) is 24.8. The van der Waals surface area contributed by atoms with Gasteiger partial charge in [0.1, 0.15) is 0 Å². The van der Waals surface area contributed by atoms with Gasteiger partial charge < -0.3 is 10.8 Å². The number of hydrazone groups is 1. The van der Waals surface area contributed by atoms with Gasteiger partial charge >= 0.3 is 6.03 Å². The van der Waals surface area contributed by atoms with Crippen LogP contribution in [0.5, 0.6) is 5.75 Å². The first kappa shape index (κ1) is 11.4. The molecule has 8 nitrogen and oxygen atoms in total. The normalized spacial score (nSPS) is 10.2. The monoisotopic (exact) mass is 223 g/mol. The van der Waals surface area contributed by atoms with E-state index in [2.05, 4.69) is 5.10 Å². The van der Waals surface area contributed by atoms with Crippen LogP contribution in [0.25, 0.3) is 0 Å². The molecular formula is C8H7N4O4-. The zero-order valence-electron chi connectivity index (χ0n) is 7.91. The molecule has 3 N–H and O–H groups in total. The summed E-state index contributed by atoms with van der Waals surface area (Å²) in [5.74, 6) is -0.690. The van der Waals surface area contributed by atoms with Gasteiger partial charge in [0.05, 0.1) is 11.1 Å². The number of hydrogen-bond donors (Lipinski definition) is 2. The molecular weight excluding hydrogens is 216 g/mol. The van der Waals surface area contributed by atoms with Crippen molar-refractivity contribution in [3.63, 3.8) is 0 Å². The van der Waals surface area contributed by atoms with Crippen molar-refractivity contribution in [1.82, 2.24) is 5.43 Å². The second kappa shape index (κ2) is 4.73. The third-order valence-corrected chi connectivity index (χ3v) is 1.57. The van der Waals surface area contributed by atoms with Gasteiger partial charge in [-0.25, -0.2) is 10.2 Å². The predicted molar refractivity (Wildman–Crippen MR) is 52.9 cm³/mol. The Hall–Kier alpha value is -2.64. The Morgan fingerprint density at radius 2 is 2.25 bits per heavy atom. The number of nitrogens with zero attached hydrogens (tertiary/aromatic N) is 2. The van der Waals surface area contributed by atoms with Crippen molar-refractivity contribution in [1.29, 1.82) is 0 Å². The van der Waals surface area contributed by atoms with E-state index in [0.29, 0.717) is 5.56 Å². The highest BCUT2D eigenvalue weighted by Crippen LogP contribution is 2.22. The molecule has 0 aliphatic heterocycles. The number of nitrogens with one attached hydrogen (secondary N) is 1. The lowest BCUT2D eigenvalue weighted by molar-refractivity contribution is -0.398. The van der Waals surface area contributed by atoms with Crippen LogP contribution in [0.15, 0.2) is 23.3 Å². The molecule has 0 heterocycles. The van der Waals surface area contributed by atoms with Gasteiger partial charge in [0.2, 0.25) is 0 Å². The minimum Gasteiger partial charge on any atom is -0.868 e. The van der Waals surface area contributed by atoms with Crippen molar-refractivity contribution in [3.8, 4) is 5.75 Å².